The van der Waals surface area contributed by atoms with Gasteiger partial charge in [-0.05, 0) is 12.1 Å². The van der Waals surface area contributed by atoms with E-state index in [1.807, 2.05) is 4.90 Å². The Hall–Kier alpha value is -2.59. The molecule has 2 N–H and O–H groups in total. The van der Waals surface area contributed by atoms with Crippen LogP contribution in [0.1, 0.15) is 16.8 Å². The second-order valence-electron chi connectivity index (χ2n) is 4.49. The fraction of sp³-hybridized carbons (Fsp3) is 0.357. The van der Waals surface area contributed by atoms with E-state index in [0.29, 0.717) is 37.7 Å². The first kappa shape index (κ1) is 14.8. The van der Waals surface area contributed by atoms with Crippen LogP contribution in [0.25, 0.3) is 0 Å². The molecule has 0 aromatic heterocycles. The molecule has 1 aliphatic rings. The van der Waals surface area contributed by atoms with Gasteiger partial charge in [0.2, 0.25) is 5.91 Å². The summed E-state index contributed by atoms with van der Waals surface area (Å²) in [5, 5.41) is 20.5. The number of aromatic carboxylic acids is 1. The van der Waals surface area contributed by atoms with Crippen molar-refractivity contribution in [3.05, 3.63) is 23.8 Å². The first-order chi connectivity index (χ1) is 10.1. The van der Waals surface area contributed by atoms with E-state index < -0.39 is 11.9 Å². The number of morpholine rings is 1. The van der Waals surface area contributed by atoms with Crippen LogP contribution in [-0.2, 0) is 9.53 Å². The lowest BCUT2D eigenvalue weighted by Crippen LogP contribution is -2.37. The van der Waals surface area contributed by atoms with Gasteiger partial charge in [0.25, 0.3) is 0 Å². The Balaban J connectivity index is 2.38. The molecule has 0 bridgehead atoms. The standard InChI is InChI=1S/C14H15N3O4/c15-5-4-12(18)16-11-3-1-2-10(14(19)20)13(11)17-6-8-21-9-7-17/h1-3H,4,6-9H2,(H,16,18)(H,19,20). The van der Waals surface area contributed by atoms with Gasteiger partial charge in [0, 0.05) is 13.1 Å². The zero-order valence-corrected chi connectivity index (χ0v) is 11.3. The van der Waals surface area contributed by atoms with E-state index in [4.69, 9.17) is 10.00 Å². The van der Waals surface area contributed by atoms with Gasteiger partial charge in [-0.15, -0.1) is 0 Å². The highest BCUT2D eigenvalue weighted by Crippen LogP contribution is 2.31. The molecule has 1 heterocycles. The number of benzene rings is 1. The Bertz CT molecular complexity index is 588. The lowest BCUT2D eigenvalue weighted by molar-refractivity contribution is -0.115. The van der Waals surface area contributed by atoms with E-state index >= 15 is 0 Å². The van der Waals surface area contributed by atoms with Crippen molar-refractivity contribution in [2.75, 3.05) is 36.5 Å². The number of rotatable bonds is 4. The third-order valence-electron chi connectivity index (χ3n) is 3.11. The Morgan fingerprint density at radius 2 is 2.10 bits per heavy atom. The zero-order chi connectivity index (χ0) is 15.2. The SMILES string of the molecule is N#CCC(=O)Nc1cccc(C(=O)O)c1N1CCOCC1. The van der Waals surface area contributed by atoms with Crippen molar-refractivity contribution in [3.63, 3.8) is 0 Å². The van der Waals surface area contributed by atoms with Crippen molar-refractivity contribution in [3.8, 4) is 6.07 Å². The molecule has 2 rings (SSSR count). The van der Waals surface area contributed by atoms with Crippen molar-refractivity contribution >= 4 is 23.3 Å². The Morgan fingerprint density at radius 3 is 2.71 bits per heavy atom. The lowest BCUT2D eigenvalue weighted by Gasteiger charge is -2.31. The summed E-state index contributed by atoms with van der Waals surface area (Å²) in [5.74, 6) is -1.53. The third-order valence-corrected chi connectivity index (χ3v) is 3.11. The Labute approximate surface area is 121 Å². The van der Waals surface area contributed by atoms with E-state index in [0.717, 1.165) is 0 Å². The number of ether oxygens (including phenoxy) is 1. The Kier molecular flexibility index (Phi) is 4.74. The van der Waals surface area contributed by atoms with E-state index in [-0.39, 0.29) is 12.0 Å². The maximum atomic E-state index is 11.6. The lowest BCUT2D eigenvalue weighted by atomic mass is 10.1. The number of carbonyl (C=O) groups excluding carboxylic acids is 1. The summed E-state index contributed by atoms with van der Waals surface area (Å²) in [5.41, 5.74) is 0.975. The number of anilines is 2. The van der Waals surface area contributed by atoms with Crippen LogP contribution < -0.4 is 10.2 Å². The summed E-state index contributed by atoms with van der Waals surface area (Å²) in [4.78, 5) is 24.9. The van der Waals surface area contributed by atoms with Crippen LogP contribution in [0.2, 0.25) is 0 Å². The Morgan fingerprint density at radius 1 is 1.38 bits per heavy atom. The molecule has 0 spiro atoms. The summed E-state index contributed by atoms with van der Waals surface area (Å²) >= 11 is 0. The maximum Gasteiger partial charge on any atom is 0.337 e. The van der Waals surface area contributed by atoms with Crippen LogP contribution >= 0.6 is 0 Å². The average Bonchev–Trinajstić information content (AvgIpc) is 2.48. The average molecular weight is 289 g/mol. The maximum absolute atomic E-state index is 11.6. The van der Waals surface area contributed by atoms with Crippen molar-refractivity contribution < 1.29 is 19.4 Å². The minimum absolute atomic E-state index is 0.117. The van der Waals surface area contributed by atoms with Crippen LogP contribution in [0, 0.1) is 11.3 Å². The molecule has 0 radical (unpaired) electrons. The van der Waals surface area contributed by atoms with E-state index in [9.17, 15) is 14.7 Å². The summed E-state index contributed by atoms with van der Waals surface area (Å²) in [6.07, 6.45) is -0.278. The van der Waals surface area contributed by atoms with Gasteiger partial charge in [-0.3, -0.25) is 4.79 Å². The van der Waals surface area contributed by atoms with E-state index in [1.165, 1.54) is 6.07 Å². The quantitative estimate of drug-likeness (QED) is 0.859. The van der Waals surface area contributed by atoms with Gasteiger partial charge in [-0.2, -0.15) is 5.26 Å². The zero-order valence-electron chi connectivity index (χ0n) is 11.3. The number of para-hydroxylation sites is 1. The van der Waals surface area contributed by atoms with E-state index in [1.54, 1.807) is 18.2 Å². The molecule has 1 amide bonds. The molecule has 1 saturated heterocycles. The molecular formula is C14H15N3O4. The van der Waals surface area contributed by atoms with E-state index in [2.05, 4.69) is 5.32 Å². The largest absolute Gasteiger partial charge is 0.478 e. The van der Waals surface area contributed by atoms with Gasteiger partial charge in [-0.25, -0.2) is 4.79 Å². The second kappa shape index (κ2) is 6.72. The predicted octanol–water partition coefficient (Wildman–Crippen LogP) is 1.07. The van der Waals surface area contributed by atoms with Crippen LogP contribution in [-0.4, -0.2) is 43.3 Å². The number of carboxylic acid groups (broad SMARTS) is 1. The van der Waals surface area contributed by atoms with Crippen molar-refractivity contribution in [1.82, 2.24) is 0 Å². The number of nitrogens with one attached hydrogen (secondary N) is 1. The summed E-state index contributed by atoms with van der Waals surface area (Å²) in [7, 11) is 0. The number of amides is 1. The number of hydrogen-bond donors (Lipinski definition) is 2. The number of carbonyl (C=O) groups is 2. The first-order valence-electron chi connectivity index (χ1n) is 6.49. The minimum atomic E-state index is -1.06. The number of nitriles is 1. The number of nitrogens with zero attached hydrogens (tertiary/aromatic N) is 2. The second-order valence-corrected chi connectivity index (χ2v) is 4.49. The molecule has 7 heteroatoms. The molecule has 1 aromatic carbocycles. The van der Waals surface area contributed by atoms with Crippen molar-refractivity contribution in [2.45, 2.75) is 6.42 Å². The van der Waals surface area contributed by atoms with Crippen LogP contribution in [0.5, 0.6) is 0 Å². The molecular weight excluding hydrogens is 274 g/mol. The summed E-state index contributed by atoms with van der Waals surface area (Å²) in [6.45, 7) is 2.09. The van der Waals surface area contributed by atoms with Crippen molar-refractivity contribution in [1.29, 1.82) is 5.26 Å². The molecule has 7 nitrogen and oxygen atoms in total. The highest BCUT2D eigenvalue weighted by Gasteiger charge is 2.22. The minimum Gasteiger partial charge on any atom is -0.478 e. The number of hydrogen-bond acceptors (Lipinski definition) is 5. The predicted molar refractivity (Wildman–Crippen MR) is 75.3 cm³/mol. The molecule has 1 aromatic rings. The molecule has 0 unspecified atom stereocenters. The van der Waals surface area contributed by atoms with Crippen LogP contribution in [0.15, 0.2) is 18.2 Å². The molecule has 0 aliphatic carbocycles. The first-order valence-corrected chi connectivity index (χ1v) is 6.49. The van der Waals surface area contributed by atoms with Gasteiger partial charge < -0.3 is 20.1 Å². The molecule has 110 valence electrons. The van der Waals surface area contributed by atoms with Gasteiger partial charge in [0.1, 0.15) is 6.42 Å². The third kappa shape index (κ3) is 3.49. The van der Waals surface area contributed by atoms with Gasteiger partial charge in [0.05, 0.1) is 36.2 Å². The smallest absolute Gasteiger partial charge is 0.337 e. The fourth-order valence-electron chi connectivity index (χ4n) is 2.21. The summed E-state index contributed by atoms with van der Waals surface area (Å²) in [6, 6.07) is 6.45. The highest BCUT2D eigenvalue weighted by atomic mass is 16.5. The fourth-order valence-corrected chi connectivity index (χ4v) is 2.21. The van der Waals surface area contributed by atoms with Crippen molar-refractivity contribution in [2.24, 2.45) is 0 Å². The monoisotopic (exact) mass is 289 g/mol. The topological polar surface area (TPSA) is 103 Å². The molecule has 1 fully saturated rings. The summed E-state index contributed by atoms with van der Waals surface area (Å²) < 4.78 is 5.26. The molecule has 21 heavy (non-hydrogen) atoms. The van der Waals surface area contributed by atoms with Gasteiger partial charge in [-0.1, -0.05) is 6.07 Å². The van der Waals surface area contributed by atoms with Crippen LogP contribution in [0.4, 0.5) is 11.4 Å². The highest BCUT2D eigenvalue weighted by molar-refractivity contribution is 6.02. The molecule has 0 saturated carbocycles. The molecule has 1 aliphatic heterocycles. The van der Waals surface area contributed by atoms with Gasteiger partial charge in [0.15, 0.2) is 0 Å². The van der Waals surface area contributed by atoms with Gasteiger partial charge >= 0.3 is 5.97 Å². The number of carboxylic acids is 1. The normalized spacial score (nSPS) is 14.3. The van der Waals surface area contributed by atoms with Crippen LogP contribution in [0.3, 0.4) is 0 Å². The molecule has 0 atom stereocenters.